The number of para-hydroxylation sites is 6. The largest absolute Gasteiger partial charge is 0.455 e. The number of furan rings is 2. The fourth-order valence-corrected chi connectivity index (χ4v) is 6.85. The molecule has 5 nitrogen and oxygen atoms in total. The van der Waals surface area contributed by atoms with E-state index in [2.05, 4.69) is 95.6 Å². The van der Waals surface area contributed by atoms with Crippen molar-refractivity contribution in [1.82, 2.24) is 14.5 Å². The quantitative estimate of drug-likeness (QED) is 0.210. The Morgan fingerprint density at radius 3 is 1.71 bits per heavy atom. The molecular formula is C40H23N3O2. The van der Waals surface area contributed by atoms with Crippen LogP contribution >= 0.6 is 0 Å². The minimum Gasteiger partial charge on any atom is -0.455 e. The van der Waals surface area contributed by atoms with Crippen molar-refractivity contribution in [3.63, 3.8) is 0 Å². The van der Waals surface area contributed by atoms with E-state index in [1.165, 1.54) is 0 Å². The fourth-order valence-electron chi connectivity index (χ4n) is 6.85. The molecule has 10 aromatic rings. The molecule has 0 atom stereocenters. The van der Waals surface area contributed by atoms with Gasteiger partial charge < -0.3 is 13.4 Å². The maximum Gasteiger partial charge on any atom is 0.164 e. The van der Waals surface area contributed by atoms with Crippen LogP contribution in [0.4, 0.5) is 0 Å². The lowest BCUT2D eigenvalue weighted by atomic mass is 10.0. The van der Waals surface area contributed by atoms with Crippen LogP contribution in [0.1, 0.15) is 0 Å². The standard InChI is InChI=1S/C40H23N3O2/c1-2-12-24(13-3-1)43-32-21-7-4-16-29(32)35-37(43)36(30-19-10-17-27-25-14-5-8-22-33(25)44-38(27)30)42-40(41-35)31-20-11-18-28-26-15-6-9-23-34(26)45-39(28)31/h1-23H. The molecule has 0 aliphatic rings. The maximum absolute atomic E-state index is 6.57. The molecule has 5 heteroatoms. The van der Waals surface area contributed by atoms with Gasteiger partial charge in [-0.2, -0.15) is 0 Å². The molecule has 210 valence electrons. The normalized spacial score (nSPS) is 12.0. The van der Waals surface area contributed by atoms with Gasteiger partial charge in [0.25, 0.3) is 0 Å². The number of hydrogen-bond donors (Lipinski definition) is 0. The van der Waals surface area contributed by atoms with Gasteiger partial charge >= 0.3 is 0 Å². The number of nitrogens with zero attached hydrogens (tertiary/aromatic N) is 3. The SMILES string of the molecule is c1ccc(-n2c3ccccc3c3nc(-c4cccc5c4oc4ccccc45)nc(-c4cccc5c4oc4ccccc45)c32)cc1. The molecule has 4 heterocycles. The van der Waals surface area contributed by atoms with Crippen molar-refractivity contribution in [3.8, 4) is 28.3 Å². The molecule has 0 radical (unpaired) electrons. The number of hydrogen-bond acceptors (Lipinski definition) is 4. The second-order valence-corrected chi connectivity index (χ2v) is 11.3. The third kappa shape index (κ3) is 3.43. The van der Waals surface area contributed by atoms with Crippen molar-refractivity contribution < 1.29 is 8.83 Å². The van der Waals surface area contributed by atoms with Gasteiger partial charge in [-0.3, -0.25) is 0 Å². The van der Waals surface area contributed by atoms with Crippen molar-refractivity contribution in [2.45, 2.75) is 0 Å². The molecule has 6 aromatic carbocycles. The summed E-state index contributed by atoms with van der Waals surface area (Å²) in [5.41, 5.74) is 9.72. The Bertz CT molecular complexity index is 2770. The van der Waals surface area contributed by atoms with Crippen LogP contribution in [0, 0.1) is 0 Å². The van der Waals surface area contributed by atoms with Gasteiger partial charge in [-0.1, -0.05) is 97.1 Å². The summed E-state index contributed by atoms with van der Waals surface area (Å²) in [5, 5.41) is 5.30. The van der Waals surface area contributed by atoms with Gasteiger partial charge in [0.2, 0.25) is 0 Å². The van der Waals surface area contributed by atoms with E-state index < -0.39 is 0 Å². The first kappa shape index (κ1) is 24.3. The van der Waals surface area contributed by atoms with E-state index in [4.69, 9.17) is 18.8 Å². The zero-order chi connectivity index (χ0) is 29.5. The van der Waals surface area contributed by atoms with Crippen LogP contribution in [0.2, 0.25) is 0 Å². The van der Waals surface area contributed by atoms with Crippen molar-refractivity contribution in [2.24, 2.45) is 0 Å². The Morgan fingerprint density at radius 1 is 0.444 bits per heavy atom. The molecular weight excluding hydrogens is 554 g/mol. The molecule has 0 unspecified atom stereocenters. The lowest BCUT2D eigenvalue weighted by molar-refractivity contribution is 0.669. The fraction of sp³-hybridized carbons (Fsp3) is 0. The zero-order valence-corrected chi connectivity index (χ0v) is 23.9. The predicted molar refractivity (Wildman–Crippen MR) is 182 cm³/mol. The lowest BCUT2D eigenvalue weighted by Gasteiger charge is -2.12. The molecule has 0 fully saturated rings. The van der Waals surface area contributed by atoms with E-state index in [1.807, 2.05) is 48.5 Å². The summed E-state index contributed by atoms with van der Waals surface area (Å²) in [6.07, 6.45) is 0. The first-order valence-corrected chi connectivity index (χ1v) is 15.0. The van der Waals surface area contributed by atoms with Gasteiger partial charge in [0.05, 0.1) is 16.6 Å². The third-order valence-corrected chi connectivity index (χ3v) is 8.83. The minimum atomic E-state index is 0.603. The summed E-state index contributed by atoms with van der Waals surface area (Å²) in [5.74, 6) is 0.603. The van der Waals surface area contributed by atoms with E-state index in [9.17, 15) is 0 Å². The van der Waals surface area contributed by atoms with Gasteiger partial charge in [-0.15, -0.1) is 0 Å². The van der Waals surface area contributed by atoms with Crippen molar-refractivity contribution >= 4 is 65.8 Å². The molecule has 0 N–H and O–H groups in total. The molecule has 0 spiro atoms. The van der Waals surface area contributed by atoms with E-state index >= 15 is 0 Å². The number of aromatic nitrogens is 3. The van der Waals surface area contributed by atoms with Crippen LogP contribution in [0.5, 0.6) is 0 Å². The zero-order valence-electron chi connectivity index (χ0n) is 23.9. The monoisotopic (exact) mass is 577 g/mol. The van der Waals surface area contributed by atoms with Crippen LogP contribution < -0.4 is 0 Å². The van der Waals surface area contributed by atoms with Crippen LogP contribution in [-0.2, 0) is 0 Å². The Morgan fingerprint density at radius 2 is 1.00 bits per heavy atom. The molecule has 4 aromatic heterocycles. The van der Waals surface area contributed by atoms with Crippen molar-refractivity contribution in [3.05, 3.63) is 140 Å². The van der Waals surface area contributed by atoms with E-state index in [0.717, 1.165) is 88.3 Å². The van der Waals surface area contributed by atoms with Crippen LogP contribution in [0.25, 0.3) is 94.1 Å². The van der Waals surface area contributed by atoms with Gasteiger partial charge in [0.15, 0.2) is 5.82 Å². The van der Waals surface area contributed by atoms with Crippen LogP contribution in [0.3, 0.4) is 0 Å². The molecule has 0 aliphatic heterocycles. The van der Waals surface area contributed by atoms with Gasteiger partial charge in [-0.05, 0) is 42.5 Å². The lowest BCUT2D eigenvalue weighted by Crippen LogP contribution is -2.00. The molecule has 0 bridgehead atoms. The first-order valence-electron chi connectivity index (χ1n) is 15.0. The van der Waals surface area contributed by atoms with E-state index in [1.54, 1.807) is 0 Å². The average Bonchev–Trinajstić information content (AvgIpc) is 3.78. The Balaban J connectivity index is 1.39. The molecule has 0 saturated heterocycles. The second kappa shape index (κ2) is 9.15. The maximum atomic E-state index is 6.57. The summed E-state index contributed by atoms with van der Waals surface area (Å²) in [6, 6.07) is 47.7. The second-order valence-electron chi connectivity index (χ2n) is 11.3. The summed E-state index contributed by atoms with van der Waals surface area (Å²) < 4.78 is 15.3. The summed E-state index contributed by atoms with van der Waals surface area (Å²) in [4.78, 5) is 10.7. The Hall–Kier alpha value is -6.20. The van der Waals surface area contributed by atoms with Crippen molar-refractivity contribution in [1.29, 1.82) is 0 Å². The smallest absolute Gasteiger partial charge is 0.164 e. The highest BCUT2D eigenvalue weighted by Crippen LogP contribution is 2.43. The van der Waals surface area contributed by atoms with E-state index in [0.29, 0.717) is 5.82 Å². The molecule has 0 aliphatic carbocycles. The summed E-state index contributed by atoms with van der Waals surface area (Å²) >= 11 is 0. The molecule has 0 amide bonds. The first-order chi connectivity index (χ1) is 22.3. The average molecular weight is 578 g/mol. The molecule has 10 rings (SSSR count). The number of rotatable bonds is 3. The van der Waals surface area contributed by atoms with E-state index in [-0.39, 0.29) is 0 Å². The van der Waals surface area contributed by atoms with Gasteiger partial charge in [0.1, 0.15) is 33.5 Å². The predicted octanol–water partition coefficient (Wildman–Crippen LogP) is 10.7. The molecule has 45 heavy (non-hydrogen) atoms. The Labute approximate surface area is 256 Å². The summed E-state index contributed by atoms with van der Waals surface area (Å²) in [7, 11) is 0. The number of fused-ring (bicyclic) bond motifs is 9. The van der Waals surface area contributed by atoms with Gasteiger partial charge in [0, 0.05) is 38.2 Å². The highest BCUT2D eigenvalue weighted by Gasteiger charge is 2.24. The number of benzene rings is 6. The third-order valence-electron chi connectivity index (χ3n) is 8.83. The molecule has 0 saturated carbocycles. The summed E-state index contributed by atoms with van der Waals surface area (Å²) in [6.45, 7) is 0. The topological polar surface area (TPSA) is 57.0 Å². The highest BCUT2D eigenvalue weighted by atomic mass is 16.3. The van der Waals surface area contributed by atoms with Gasteiger partial charge in [-0.25, -0.2) is 9.97 Å². The minimum absolute atomic E-state index is 0.603. The van der Waals surface area contributed by atoms with Crippen molar-refractivity contribution in [2.75, 3.05) is 0 Å². The highest BCUT2D eigenvalue weighted by molar-refractivity contribution is 6.16. The van der Waals surface area contributed by atoms with Crippen LogP contribution in [-0.4, -0.2) is 14.5 Å². The Kier molecular flexibility index (Phi) is 4.93. The van der Waals surface area contributed by atoms with Crippen LogP contribution in [0.15, 0.2) is 148 Å².